The number of aliphatic hydroxyl groups is 1. The molecule has 2 rings (SSSR count). The van der Waals surface area contributed by atoms with Gasteiger partial charge in [-0.2, -0.15) is 0 Å². The van der Waals surface area contributed by atoms with Crippen molar-refractivity contribution in [3.63, 3.8) is 0 Å². The molecule has 19 heavy (non-hydrogen) atoms. The van der Waals surface area contributed by atoms with Crippen molar-refractivity contribution in [3.05, 3.63) is 63.1 Å². The first kappa shape index (κ1) is 14.2. The lowest BCUT2D eigenvalue weighted by Gasteiger charge is -2.17. The van der Waals surface area contributed by atoms with Crippen LogP contribution in [0.5, 0.6) is 5.75 Å². The molecule has 1 N–H and O–H groups in total. The zero-order chi connectivity index (χ0) is 14.0. The van der Waals surface area contributed by atoms with Crippen LogP contribution in [0.3, 0.4) is 0 Å². The van der Waals surface area contributed by atoms with Crippen LogP contribution in [-0.4, -0.2) is 12.2 Å². The number of benzene rings is 2. The number of hydrogen-bond donors (Lipinski definition) is 1. The Balaban J connectivity index is 2.49. The molecule has 0 saturated heterocycles. The number of rotatable bonds is 3. The fourth-order valence-electron chi connectivity index (χ4n) is 1.94. The second kappa shape index (κ2) is 5.83. The predicted octanol–water partition coefficient (Wildman–Crippen LogP) is 4.39. The highest BCUT2D eigenvalue weighted by atomic mass is 35.5. The molecule has 1 unspecified atom stereocenters. The molecule has 2 nitrogen and oxygen atoms in total. The standard InChI is InChI=1S/C15H14Cl2O2/c1-9-6-7-10(13(8-9)19-2)15(18)11-4-3-5-12(16)14(11)17/h3-8,15,18H,1-2H3. The quantitative estimate of drug-likeness (QED) is 0.910. The van der Waals surface area contributed by atoms with Crippen LogP contribution < -0.4 is 4.74 Å². The third-order valence-electron chi connectivity index (χ3n) is 2.96. The van der Waals surface area contributed by atoms with Gasteiger partial charge in [-0.15, -0.1) is 0 Å². The largest absolute Gasteiger partial charge is 0.496 e. The first-order valence-electron chi connectivity index (χ1n) is 5.81. The van der Waals surface area contributed by atoms with Gasteiger partial charge in [-0.3, -0.25) is 0 Å². The molecule has 4 heteroatoms. The van der Waals surface area contributed by atoms with Crippen molar-refractivity contribution in [2.24, 2.45) is 0 Å². The topological polar surface area (TPSA) is 29.5 Å². The number of hydrogen-bond acceptors (Lipinski definition) is 2. The van der Waals surface area contributed by atoms with Gasteiger partial charge < -0.3 is 9.84 Å². The van der Waals surface area contributed by atoms with Gasteiger partial charge in [0.2, 0.25) is 0 Å². The average Bonchev–Trinajstić information content (AvgIpc) is 2.41. The lowest BCUT2D eigenvalue weighted by Crippen LogP contribution is -2.03. The number of halogens is 2. The molecule has 0 heterocycles. The zero-order valence-corrected chi connectivity index (χ0v) is 12.2. The minimum absolute atomic E-state index is 0.360. The summed E-state index contributed by atoms with van der Waals surface area (Å²) in [6.07, 6.45) is -0.873. The maximum atomic E-state index is 10.5. The van der Waals surface area contributed by atoms with E-state index in [1.54, 1.807) is 25.3 Å². The van der Waals surface area contributed by atoms with Gasteiger partial charge >= 0.3 is 0 Å². The van der Waals surface area contributed by atoms with E-state index in [0.29, 0.717) is 26.9 Å². The average molecular weight is 297 g/mol. The van der Waals surface area contributed by atoms with Crippen LogP contribution in [0.15, 0.2) is 36.4 Å². The second-order valence-corrected chi connectivity index (χ2v) is 5.08. The predicted molar refractivity (Wildman–Crippen MR) is 78.3 cm³/mol. The Kier molecular flexibility index (Phi) is 4.35. The van der Waals surface area contributed by atoms with E-state index in [2.05, 4.69) is 0 Å². The second-order valence-electron chi connectivity index (χ2n) is 4.29. The highest BCUT2D eigenvalue weighted by Gasteiger charge is 2.19. The van der Waals surface area contributed by atoms with E-state index in [-0.39, 0.29) is 0 Å². The minimum Gasteiger partial charge on any atom is -0.496 e. The van der Waals surface area contributed by atoms with Gasteiger partial charge in [0, 0.05) is 11.1 Å². The first-order valence-corrected chi connectivity index (χ1v) is 6.56. The molecule has 0 amide bonds. The van der Waals surface area contributed by atoms with Crippen LogP contribution >= 0.6 is 23.2 Å². The summed E-state index contributed by atoms with van der Waals surface area (Å²) in [5.74, 6) is 0.628. The molecule has 0 saturated carbocycles. The van der Waals surface area contributed by atoms with E-state index in [9.17, 15) is 5.11 Å². The monoisotopic (exact) mass is 296 g/mol. The number of methoxy groups -OCH3 is 1. The highest BCUT2D eigenvalue weighted by molar-refractivity contribution is 6.42. The Morgan fingerprint density at radius 3 is 2.53 bits per heavy atom. The third kappa shape index (κ3) is 2.86. The summed E-state index contributed by atoms with van der Waals surface area (Å²) in [7, 11) is 1.57. The van der Waals surface area contributed by atoms with E-state index in [1.807, 2.05) is 25.1 Å². The zero-order valence-electron chi connectivity index (χ0n) is 10.7. The summed E-state index contributed by atoms with van der Waals surface area (Å²) in [5, 5.41) is 11.3. The Labute approximate surface area is 122 Å². The summed E-state index contributed by atoms with van der Waals surface area (Å²) in [6.45, 7) is 1.96. The summed E-state index contributed by atoms with van der Waals surface area (Å²) in [5.41, 5.74) is 2.29. The molecule has 2 aromatic carbocycles. The molecule has 0 fully saturated rings. The van der Waals surface area contributed by atoms with Crippen molar-refractivity contribution < 1.29 is 9.84 Å². The maximum Gasteiger partial charge on any atom is 0.125 e. The van der Waals surface area contributed by atoms with Crippen molar-refractivity contribution in [3.8, 4) is 5.75 Å². The van der Waals surface area contributed by atoms with Crippen molar-refractivity contribution in [1.82, 2.24) is 0 Å². The fourth-order valence-corrected chi connectivity index (χ4v) is 2.35. The SMILES string of the molecule is COc1cc(C)ccc1C(O)c1cccc(Cl)c1Cl. The molecule has 2 aromatic rings. The minimum atomic E-state index is -0.873. The molecule has 1 atom stereocenters. The van der Waals surface area contributed by atoms with Crippen LogP contribution in [0.4, 0.5) is 0 Å². The van der Waals surface area contributed by atoms with Crippen LogP contribution in [0.25, 0.3) is 0 Å². The van der Waals surface area contributed by atoms with Crippen LogP contribution in [0.1, 0.15) is 22.8 Å². The molecular weight excluding hydrogens is 283 g/mol. The van der Waals surface area contributed by atoms with Crippen molar-refractivity contribution in [1.29, 1.82) is 0 Å². The molecule has 0 aliphatic rings. The van der Waals surface area contributed by atoms with Gasteiger partial charge in [0.15, 0.2) is 0 Å². The normalized spacial score (nSPS) is 12.3. The lowest BCUT2D eigenvalue weighted by atomic mass is 9.99. The van der Waals surface area contributed by atoms with E-state index in [0.717, 1.165) is 5.56 Å². The summed E-state index contributed by atoms with van der Waals surface area (Å²) >= 11 is 12.1. The van der Waals surface area contributed by atoms with E-state index < -0.39 is 6.10 Å². The molecule has 0 aromatic heterocycles. The summed E-state index contributed by atoms with van der Waals surface area (Å²) in [4.78, 5) is 0. The number of ether oxygens (including phenoxy) is 1. The molecule has 0 spiro atoms. The number of aryl methyl sites for hydroxylation is 1. The lowest BCUT2D eigenvalue weighted by molar-refractivity contribution is 0.215. The van der Waals surface area contributed by atoms with E-state index in [1.165, 1.54) is 0 Å². The first-order chi connectivity index (χ1) is 9.04. The molecule has 0 bridgehead atoms. The van der Waals surface area contributed by atoms with Crippen LogP contribution in [0.2, 0.25) is 10.0 Å². The Morgan fingerprint density at radius 1 is 1.11 bits per heavy atom. The van der Waals surface area contributed by atoms with Crippen molar-refractivity contribution in [2.75, 3.05) is 7.11 Å². The Hall–Kier alpha value is -1.22. The van der Waals surface area contributed by atoms with Crippen molar-refractivity contribution >= 4 is 23.2 Å². The van der Waals surface area contributed by atoms with Crippen LogP contribution in [0, 0.1) is 6.92 Å². The molecule has 0 aliphatic heterocycles. The van der Waals surface area contributed by atoms with Crippen molar-refractivity contribution in [2.45, 2.75) is 13.0 Å². The molecule has 0 aliphatic carbocycles. The van der Waals surface area contributed by atoms with Gasteiger partial charge in [0.05, 0.1) is 17.2 Å². The van der Waals surface area contributed by atoms with Gasteiger partial charge in [0.1, 0.15) is 11.9 Å². The third-order valence-corrected chi connectivity index (χ3v) is 3.79. The van der Waals surface area contributed by atoms with Gasteiger partial charge in [-0.05, 0) is 24.6 Å². The smallest absolute Gasteiger partial charge is 0.125 e. The van der Waals surface area contributed by atoms with Gasteiger partial charge in [0.25, 0.3) is 0 Å². The summed E-state index contributed by atoms with van der Waals surface area (Å²) < 4.78 is 5.30. The molecule has 100 valence electrons. The fraction of sp³-hybridized carbons (Fsp3) is 0.200. The van der Waals surface area contributed by atoms with E-state index >= 15 is 0 Å². The van der Waals surface area contributed by atoms with Gasteiger partial charge in [-0.1, -0.05) is 47.5 Å². The summed E-state index contributed by atoms with van der Waals surface area (Å²) in [6, 6.07) is 10.8. The Morgan fingerprint density at radius 2 is 1.84 bits per heavy atom. The number of aliphatic hydroxyl groups excluding tert-OH is 1. The van der Waals surface area contributed by atoms with Crippen LogP contribution in [-0.2, 0) is 0 Å². The molecular formula is C15H14Cl2O2. The maximum absolute atomic E-state index is 10.5. The molecule has 0 radical (unpaired) electrons. The highest BCUT2D eigenvalue weighted by Crippen LogP contribution is 2.36. The van der Waals surface area contributed by atoms with E-state index in [4.69, 9.17) is 27.9 Å². The van der Waals surface area contributed by atoms with Gasteiger partial charge in [-0.25, -0.2) is 0 Å². The Bertz CT molecular complexity index is 597.